The van der Waals surface area contributed by atoms with Gasteiger partial charge in [-0.15, -0.1) is 11.8 Å². The SMILES string of the molecule is CC(Sc1ccccc1)C(=O)Nc1ccc2c(c1)OC1(CCCC1)O2. The predicted octanol–water partition coefficient (Wildman–Crippen LogP) is 4.85. The minimum atomic E-state index is -0.471. The van der Waals surface area contributed by atoms with Crippen LogP contribution in [0.15, 0.2) is 53.4 Å². The summed E-state index contributed by atoms with van der Waals surface area (Å²) in [6.45, 7) is 1.91. The molecular formula is C20H21NO3S. The van der Waals surface area contributed by atoms with E-state index in [9.17, 15) is 4.79 Å². The van der Waals surface area contributed by atoms with Crippen molar-refractivity contribution >= 4 is 23.4 Å². The van der Waals surface area contributed by atoms with Crippen LogP contribution < -0.4 is 14.8 Å². The molecule has 1 saturated carbocycles. The van der Waals surface area contributed by atoms with Gasteiger partial charge in [0.05, 0.1) is 5.25 Å². The average molecular weight is 355 g/mol. The lowest BCUT2D eigenvalue weighted by Crippen LogP contribution is -2.34. The first-order chi connectivity index (χ1) is 12.1. The molecule has 0 saturated heterocycles. The van der Waals surface area contributed by atoms with Crippen LogP contribution in [0.2, 0.25) is 0 Å². The monoisotopic (exact) mass is 355 g/mol. The van der Waals surface area contributed by atoms with E-state index >= 15 is 0 Å². The van der Waals surface area contributed by atoms with Gasteiger partial charge in [-0.3, -0.25) is 4.79 Å². The third kappa shape index (κ3) is 3.47. The Kier molecular flexibility index (Phi) is 4.34. The lowest BCUT2D eigenvalue weighted by molar-refractivity contribution is -0.115. The first kappa shape index (κ1) is 16.3. The Hall–Kier alpha value is -2.14. The molecule has 4 nitrogen and oxygen atoms in total. The molecule has 1 aliphatic carbocycles. The second kappa shape index (κ2) is 6.64. The van der Waals surface area contributed by atoms with Gasteiger partial charge in [0.25, 0.3) is 5.79 Å². The average Bonchev–Trinajstić information content (AvgIpc) is 3.21. The number of carbonyl (C=O) groups is 1. The largest absolute Gasteiger partial charge is 0.448 e. The summed E-state index contributed by atoms with van der Waals surface area (Å²) >= 11 is 1.54. The standard InChI is InChI=1S/C20H21NO3S/c1-14(25-16-7-3-2-4-8-16)19(22)21-15-9-10-17-18(13-15)24-20(23-17)11-5-6-12-20/h2-4,7-10,13-14H,5-6,11-12H2,1H3,(H,21,22). The van der Waals surface area contributed by atoms with E-state index in [-0.39, 0.29) is 11.2 Å². The Morgan fingerprint density at radius 1 is 1.08 bits per heavy atom. The van der Waals surface area contributed by atoms with Crippen LogP contribution in [0.3, 0.4) is 0 Å². The number of anilines is 1. The molecule has 130 valence electrons. The molecular weight excluding hydrogens is 334 g/mol. The number of thioether (sulfide) groups is 1. The van der Waals surface area contributed by atoms with E-state index in [2.05, 4.69) is 5.32 Å². The molecule has 1 fully saturated rings. The first-order valence-electron chi connectivity index (χ1n) is 8.68. The quantitative estimate of drug-likeness (QED) is 0.797. The molecule has 5 heteroatoms. The summed E-state index contributed by atoms with van der Waals surface area (Å²) in [4.78, 5) is 13.5. The van der Waals surface area contributed by atoms with Crippen molar-refractivity contribution in [2.45, 2.75) is 48.5 Å². The molecule has 2 aromatic rings. The van der Waals surface area contributed by atoms with Crippen LogP contribution in [0.4, 0.5) is 5.69 Å². The summed E-state index contributed by atoms with van der Waals surface area (Å²) in [6.07, 6.45) is 4.11. The van der Waals surface area contributed by atoms with Crippen molar-refractivity contribution in [2.75, 3.05) is 5.32 Å². The second-order valence-corrected chi connectivity index (χ2v) is 7.96. The third-order valence-electron chi connectivity index (χ3n) is 4.59. The summed E-state index contributed by atoms with van der Waals surface area (Å²) in [5.41, 5.74) is 0.739. The lowest BCUT2D eigenvalue weighted by Gasteiger charge is -2.21. The number of hydrogen-bond donors (Lipinski definition) is 1. The Balaban J connectivity index is 1.41. The fraction of sp³-hybridized carbons (Fsp3) is 0.350. The molecule has 1 amide bonds. The molecule has 1 unspecified atom stereocenters. The highest BCUT2D eigenvalue weighted by atomic mass is 32.2. The number of amides is 1. The summed E-state index contributed by atoms with van der Waals surface area (Å²) in [5, 5.41) is 2.79. The molecule has 1 N–H and O–H groups in total. The minimum absolute atomic E-state index is 0.0247. The maximum absolute atomic E-state index is 12.5. The number of hydrogen-bond acceptors (Lipinski definition) is 4. The predicted molar refractivity (Wildman–Crippen MR) is 99.3 cm³/mol. The van der Waals surface area contributed by atoms with Crippen molar-refractivity contribution in [3.63, 3.8) is 0 Å². The number of benzene rings is 2. The number of nitrogens with one attached hydrogen (secondary N) is 1. The number of fused-ring (bicyclic) bond motifs is 1. The molecule has 2 aromatic carbocycles. The zero-order valence-corrected chi connectivity index (χ0v) is 15.0. The van der Waals surface area contributed by atoms with E-state index in [0.29, 0.717) is 0 Å². The smallest absolute Gasteiger partial charge is 0.251 e. The van der Waals surface area contributed by atoms with Gasteiger partial charge in [-0.05, 0) is 44.0 Å². The highest BCUT2D eigenvalue weighted by Gasteiger charge is 2.44. The normalized spacial score (nSPS) is 18.3. The van der Waals surface area contributed by atoms with Gasteiger partial charge < -0.3 is 14.8 Å². The Labute approximate surface area is 151 Å². The van der Waals surface area contributed by atoms with Gasteiger partial charge in [-0.25, -0.2) is 0 Å². The van der Waals surface area contributed by atoms with Gasteiger partial charge in [-0.2, -0.15) is 0 Å². The van der Waals surface area contributed by atoms with Crippen LogP contribution >= 0.6 is 11.8 Å². The van der Waals surface area contributed by atoms with Gasteiger partial charge in [0, 0.05) is 29.5 Å². The topological polar surface area (TPSA) is 47.6 Å². The van der Waals surface area contributed by atoms with E-state index in [1.807, 2.05) is 55.5 Å². The second-order valence-electron chi connectivity index (χ2n) is 6.55. The first-order valence-corrected chi connectivity index (χ1v) is 9.56. The van der Waals surface area contributed by atoms with Gasteiger partial charge in [0.1, 0.15) is 0 Å². The fourth-order valence-corrected chi connectivity index (χ4v) is 4.18. The van der Waals surface area contributed by atoms with Crippen LogP contribution in [-0.4, -0.2) is 16.9 Å². The van der Waals surface area contributed by atoms with Crippen LogP contribution in [0, 0.1) is 0 Å². The van der Waals surface area contributed by atoms with Crippen LogP contribution in [0.1, 0.15) is 32.6 Å². The molecule has 0 aromatic heterocycles. The highest BCUT2D eigenvalue weighted by molar-refractivity contribution is 8.00. The Morgan fingerprint density at radius 3 is 2.56 bits per heavy atom. The van der Waals surface area contributed by atoms with Gasteiger partial charge in [0.15, 0.2) is 11.5 Å². The summed E-state index contributed by atoms with van der Waals surface area (Å²) in [6, 6.07) is 15.6. The minimum Gasteiger partial charge on any atom is -0.448 e. The molecule has 1 spiro atoms. The Bertz CT molecular complexity index is 772. The van der Waals surface area contributed by atoms with E-state index in [1.54, 1.807) is 11.8 Å². The summed E-state index contributed by atoms with van der Waals surface area (Å²) in [5.74, 6) is 1.000. The third-order valence-corrected chi connectivity index (χ3v) is 5.71. The van der Waals surface area contributed by atoms with Crippen molar-refractivity contribution in [1.29, 1.82) is 0 Å². The van der Waals surface area contributed by atoms with Crippen molar-refractivity contribution in [1.82, 2.24) is 0 Å². The van der Waals surface area contributed by atoms with E-state index in [4.69, 9.17) is 9.47 Å². The van der Waals surface area contributed by atoms with Crippen LogP contribution in [-0.2, 0) is 4.79 Å². The van der Waals surface area contributed by atoms with E-state index in [0.717, 1.165) is 47.8 Å². The van der Waals surface area contributed by atoms with Crippen LogP contribution in [0.5, 0.6) is 11.5 Å². The van der Waals surface area contributed by atoms with Crippen molar-refractivity contribution in [3.8, 4) is 11.5 Å². The van der Waals surface area contributed by atoms with Crippen LogP contribution in [0.25, 0.3) is 0 Å². The van der Waals surface area contributed by atoms with E-state index in [1.165, 1.54) is 0 Å². The molecule has 25 heavy (non-hydrogen) atoms. The maximum Gasteiger partial charge on any atom is 0.251 e. The Morgan fingerprint density at radius 2 is 1.80 bits per heavy atom. The number of ether oxygens (including phenoxy) is 2. The molecule has 1 heterocycles. The molecule has 4 rings (SSSR count). The van der Waals surface area contributed by atoms with Crippen molar-refractivity contribution < 1.29 is 14.3 Å². The summed E-state index contributed by atoms with van der Waals surface area (Å²) in [7, 11) is 0. The van der Waals surface area contributed by atoms with Gasteiger partial charge in [0.2, 0.25) is 5.91 Å². The number of carbonyl (C=O) groups excluding carboxylic acids is 1. The van der Waals surface area contributed by atoms with E-state index < -0.39 is 5.79 Å². The summed E-state index contributed by atoms with van der Waals surface area (Å²) < 4.78 is 12.1. The van der Waals surface area contributed by atoms with Gasteiger partial charge in [-0.1, -0.05) is 18.2 Å². The molecule has 1 atom stereocenters. The lowest BCUT2D eigenvalue weighted by atomic mass is 10.2. The molecule has 2 aliphatic rings. The number of rotatable bonds is 4. The zero-order chi connectivity index (χ0) is 17.3. The van der Waals surface area contributed by atoms with Gasteiger partial charge >= 0.3 is 0 Å². The van der Waals surface area contributed by atoms with Crippen molar-refractivity contribution in [2.24, 2.45) is 0 Å². The van der Waals surface area contributed by atoms with Crippen molar-refractivity contribution in [3.05, 3.63) is 48.5 Å². The molecule has 0 radical (unpaired) electrons. The fourth-order valence-electron chi connectivity index (χ4n) is 3.29. The molecule has 1 aliphatic heterocycles. The zero-order valence-electron chi connectivity index (χ0n) is 14.2. The molecule has 0 bridgehead atoms. The maximum atomic E-state index is 12.5. The highest BCUT2D eigenvalue weighted by Crippen LogP contribution is 2.47.